The lowest BCUT2D eigenvalue weighted by molar-refractivity contribution is 1.14. The molecule has 2 nitrogen and oxygen atoms in total. The van der Waals surface area contributed by atoms with E-state index in [2.05, 4.69) is 23.5 Å². The number of allylic oxidation sites excluding steroid dienone is 2. The van der Waals surface area contributed by atoms with Crippen LogP contribution in [0.1, 0.15) is 5.56 Å². The monoisotopic (exact) mass is 172 g/mol. The third-order valence-electron chi connectivity index (χ3n) is 2.05. The lowest BCUT2D eigenvalue weighted by Gasteiger charge is -2.08. The fourth-order valence-electron chi connectivity index (χ4n) is 1.36. The van der Waals surface area contributed by atoms with Gasteiger partial charge in [-0.1, -0.05) is 30.4 Å². The van der Waals surface area contributed by atoms with Crippen LogP contribution in [0.3, 0.4) is 0 Å². The van der Waals surface area contributed by atoms with Gasteiger partial charge in [-0.3, -0.25) is 0 Å². The van der Waals surface area contributed by atoms with E-state index in [4.69, 9.17) is 5.73 Å². The molecule has 0 aliphatic carbocycles. The molecule has 1 aromatic carbocycles. The average Bonchev–Trinajstić information content (AvgIpc) is 2.38. The van der Waals surface area contributed by atoms with Crippen molar-refractivity contribution in [3.05, 3.63) is 47.7 Å². The maximum atomic E-state index is 5.57. The van der Waals surface area contributed by atoms with Gasteiger partial charge in [-0.2, -0.15) is 0 Å². The van der Waals surface area contributed by atoms with Gasteiger partial charge < -0.3 is 11.1 Å². The number of anilines is 1. The second-order valence-electron chi connectivity index (χ2n) is 2.97. The number of para-hydroxylation sites is 1. The summed E-state index contributed by atoms with van der Waals surface area (Å²) in [7, 11) is 0. The Kier molecular flexibility index (Phi) is 2.15. The van der Waals surface area contributed by atoms with Gasteiger partial charge in [-0.15, -0.1) is 0 Å². The number of nitrogens with one attached hydrogen (secondary N) is 1. The summed E-state index contributed by atoms with van der Waals surface area (Å²) in [6, 6.07) is 8.16. The zero-order chi connectivity index (χ0) is 9.10. The molecule has 0 spiro atoms. The van der Waals surface area contributed by atoms with E-state index in [-0.39, 0.29) is 0 Å². The van der Waals surface area contributed by atoms with Crippen LogP contribution >= 0.6 is 0 Å². The lowest BCUT2D eigenvalue weighted by atomic mass is 10.2. The highest BCUT2D eigenvalue weighted by molar-refractivity contribution is 5.71. The maximum absolute atomic E-state index is 5.57. The van der Waals surface area contributed by atoms with E-state index < -0.39 is 0 Å². The predicted molar refractivity (Wildman–Crippen MR) is 56.2 cm³/mol. The predicted octanol–water partition coefficient (Wildman–Crippen LogP) is 1.97. The highest BCUT2D eigenvalue weighted by Crippen LogP contribution is 2.20. The fourth-order valence-corrected chi connectivity index (χ4v) is 1.36. The zero-order valence-electron chi connectivity index (χ0n) is 7.33. The molecule has 1 aromatic rings. The Labute approximate surface area is 77.8 Å². The summed E-state index contributed by atoms with van der Waals surface area (Å²) < 4.78 is 0. The van der Waals surface area contributed by atoms with Crippen LogP contribution in [0.4, 0.5) is 5.69 Å². The topological polar surface area (TPSA) is 38.0 Å². The SMILES string of the molecule is NCC1=CC=Cc2ccccc2N1. The molecule has 0 radical (unpaired) electrons. The standard InChI is InChI=1S/C11H12N2/c12-8-10-6-3-5-9-4-1-2-7-11(9)13-10/h1-7,13H,8,12H2. The first-order valence-electron chi connectivity index (χ1n) is 4.33. The summed E-state index contributed by atoms with van der Waals surface area (Å²) in [6.45, 7) is 0.540. The number of nitrogens with two attached hydrogens (primary N) is 1. The summed E-state index contributed by atoms with van der Waals surface area (Å²) in [6.07, 6.45) is 6.09. The van der Waals surface area contributed by atoms with Gasteiger partial charge in [0.05, 0.1) is 0 Å². The molecule has 0 unspecified atom stereocenters. The van der Waals surface area contributed by atoms with Gasteiger partial charge in [-0.25, -0.2) is 0 Å². The molecule has 1 aliphatic heterocycles. The summed E-state index contributed by atoms with van der Waals surface area (Å²) in [5.74, 6) is 0. The summed E-state index contributed by atoms with van der Waals surface area (Å²) in [5.41, 5.74) is 8.92. The van der Waals surface area contributed by atoms with E-state index in [1.165, 1.54) is 5.56 Å². The van der Waals surface area contributed by atoms with Crippen LogP contribution in [0.25, 0.3) is 6.08 Å². The molecule has 0 amide bonds. The van der Waals surface area contributed by atoms with E-state index in [1.807, 2.05) is 24.3 Å². The van der Waals surface area contributed by atoms with Gasteiger partial charge in [0, 0.05) is 17.9 Å². The van der Waals surface area contributed by atoms with Crippen LogP contribution < -0.4 is 11.1 Å². The molecule has 66 valence electrons. The van der Waals surface area contributed by atoms with Crippen molar-refractivity contribution in [2.24, 2.45) is 5.73 Å². The van der Waals surface area contributed by atoms with Crippen molar-refractivity contribution in [3.8, 4) is 0 Å². The molecule has 0 fully saturated rings. The highest BCUT2D eigenvalue weighted by atomic mass is 14.9. The second-order valence-corrected chi connectivity index (χ2v) is 2.97. The number of fused-ring (bicyclic) bond motifs is 1. The molecule has 2 rings (SSSR count). The lowest BCUT2D eigenvalue weighted by Crippen LogP contribution is -2.10. The maximum Gasteiger partial charge on any atom is 0.0455 e. The number of rotatable bonds is 1. The third-order valence-corrected chi connectivity index (χ3v) is 2.05. The number of hydrogen-bond donors (Lipinski definition) is 2. The smallest absolute Gasteiger partial charge is 0.0455 e. The molecule has 1 aliphatic rings. The molecule has 2 heteroatoms. The Morgan fingerprint density at radius 3 is 2.92 bits per heavy atom. The molecular formula is C11H12N2. The fraction of sp³-hybridized carbons (Fsp3) is 0.0909. The Hall–Kier alpha value is -1.54. The number of hydrogen-bond acceptors (Lipinski definition) is 2. The molecule has 0 atom stereocenters. The largest absolute Gasteiger partial charge is 0.357 e. The van der Waals surface area contributed by atoms with Crippen molar-refractivity contribution < 1.29 is 0 Å². The van der Waals surface area contributed by atoms with Gasteiger partial charge in [0.15, 0.2) is 0 Å². The van der Waals surface area contributed by atoms with Gasteiger partial charge in [0.1, 0.15) is 0 Å². The Morgan fingerprint density at radius 2 is 2.08 bits per heavy atom. The van der Waals surface area contributed by atoms with E-state index >= 15 is 0 Å². The molecule has 13 heavy (non-hydrogen) atoms. The molecule has 0 aromatic heterocycles. The first-order chi connectivity index (χ1) is 6.40. The summed E-state index contributed by atoms with van der Waals surface area (Å²) >= 11 is 0. The van der Waals surface area contributed by atoms with Gasteiger partial charge >= 0.3 is 0 Å². The molecule has 3 N–H and O–H groups in total. The minimum Gasteiger partial charge on any atom is -0.357 e. The van der Waals surface area contributed by atoms with Gasteiger partial charge in [0.25, 0.3) is 0 Å². The van der Waals surface area contributed by atoms with Crippen LogP contribution in [0.15, 0.2) is 42.1 Å². The van der Waals surface area contributed by atoms with Crippen molar-refractivity contribution in [1.82, 2.24) is 0 Å². The van der Waals surface area contributed by atoms with Crippen LogP contribution in [-0.2, 0) is 0 Å². The third kappa shape index (κ3) is 1.63. The van der Waals surface area contributed by atoms with Crippen molar-refractivity contribution in [2.75, 3.05) is 11.9 Å². The highest BCUT2D eigenvalue weighted by Gasteiger charge is 2.02. The first kappa shape index (κ1) is 8.08. The molecule has 1 heterocycles. The quantitative estimate of drug-likeness (QED) is 0.679. The van der Waals surface area contributed by atoms with Crippen molar-refractivity contribution >= 4 is 11.8 Å². The summed E-state index contributed by atoms with van der Waals surface area (Å²) in [4.78, 5) is 0. The van der Waals surface area contributed by atoms with Crippen LogP contribution in [0.2, 0.25) is 0 Å². The molecule has 0 saturated carbocycles. The van der Waals surface area contributed by atoms with Gasteiger partial charge in [-0.05, 0) is 17.7 Å². The van der Waals surface area contributed by atoms with Crippen LogP contribution in [-0.4, -0.2) is 6.54 Å². The van der Waals surface area contributed by atoms with Gasteiger partial charge in [0.2, 0.25) is 0 Å². The van der Waals surface area contributed by atoms with Crippen LogP contribution in [0, 0.1) is 0 Å². The Bertz CT molecular complexity index is 364. The minimum atomic E-state index is 0.540. The van der Waals surface area contributed by atoms with E-state index in [1.54, 1.807) is 0 Å². The van der Waals surface area contributed by atoms with Crippen LogP contribution in [0.5, 0.6) is 0 Å². The molecule has 0 saturated heterocycles. The Balaban J connectivity index is 2.40. The van der Waals surface area contributed by atoms with E-state index in [9.17, 15) is 0 Å². The van der Waals surface area contributed by atoms with E-state index in [0.717, 1.165) is 11.4 Å². The zero-order valence-corrected chi connectivity index (χ0v) is 7.33. The van der Waals surface area contributed by atoms with Crippen molar-refractivity contribution in [1.29, 1.82) is 0 Å². The normalized spacial score (nSPS) is 14.1. The summed E-state index contributed by atoms with van der Waals surface area (Å²) in [5, 5.41) is 3.28. The van der Waals surface area contributed by atoms with Crippen molar-refractivity contribution in [2.45, 2.75) is 0 Å². The first-order valence-corrected chi connectivity index (χ1v) is 4.33. The molecular weight excluding hydrogens is 160 g/mol. The molecule has 0 bridgehead atoms. The van der Waals surface area contributed by atoms with E-state index in [0.29, 0.717) is 6.54 Å². The number of benzene rings is 1. The minimum absolute atomic E-state index is 0.540. The Morgan fingerprint density at radius 1 is 1.23 bits per heavy atom. The second kappa shape index (κ2) is 3.46. The average molecular weight is 172 g/mol. The van der Waals surface area contributed by atoms with Crippen molar-refractivity contribution in [3.63, 3.8) is 0 Å².